The molecule has 0 fully saturated rings. The summed E-state index contributed by atoms with van der Waals surface area (Å²) in [6.45, 7) is 8.54. The Balaban J connectivity index is 2.53. The lowest BCUT2D eigenvalue weighted by Gasteiger charge is -2.26. The Labute approximate surface area is 116 Å². The number of hydrogen-bond acceptors (Lipinski definition) is 3. The molecule has 0 spiro atoms. The third kappa shape index (κ3) is 5.75. The van der Waals surface area contributed by atoms with Gasteiger partial charge in [0.2, 0.25) is 5.91 Å². The van der Waals surface area contributed by atoms with E-state index in [1.807, 2.05) is 31.2 Å². The van der Waals surface area contributed by atoms with Gasteiger partial charge in [0, 0.05) is 37.8 Å². The fraction of sp³-hybridized carbons (Fsp3) is 0.533. The highest BCUT2D eigenvalue weighted by atomic mass is 16.1. The van der Waals surface area contributed by atoms with E-state index in [9.17, 15) is 4.79 Å². The van der Waals surface area contributed by atoms with E-state index in [-0.39, 0.29) is 5.91 Å². The standard InChI is InChI=1S/C15H25N3O/c1-4-17-15(19)9-10-18(12(2)3)11-13-5-7-14(16)8-6-13/h5-8,12H,4,9-11,16H2,1-3H3,(H,17,19). The highest BCUT2D eigenvalue weighted by Crippen LogP contribution is 2.11. The lowest BCUT2D eigenvalue weighted by atomic mass is 10.1. The molecule has 1 amide bonds. The third-order valence-electron chi connectivity index (χ3n) is 3.10. The Hall–Kier alpha value is -1.55. The van der Waals surface area contributed by atoms with E-state index in [2.05, 4.69) is 24.1 Å². The number of nitrogens with two attached hydrogens (primary N) is 1. The zero-order valence-electron chi connectivity index (χ0n) is 12.1. The van der Waals surface area contributed by atoms with Crippen molar-refractivity contribution in [1.82, 2.24) is 10.2 Å². The first-order valence-corrected chi connectivity index (χ1v) is 6.88. The summed E-state index contributed by atoms with van der Waals surface area (Å²) in [6, 6.07) is 8.31. The van der Waals surface area contributed by atoms with Gasteiger partial charge in [-0.3, -0.25) is 9.69 Å². The minimum absolute atomic E-state index is 0.116. The van der Waals surface area contributed by atoms with E-state index >= 15 is 0 Å². The highest BCUT2D eigenvalue weighted by molar-refractivity contribution is 5.75. The van der Waals surface area contributed by atoms with Crippen LogP contribution in [0.25, 0.3) is 0 Å². The minimum Gasteiger partial charge on any atom is -0.399 e. The number of nitrogens with one attached hydrogen (secondary N) is 1. The molecule has 1 aromatic rings. The number of amides is 1. The second-order valence-corrected chi connectivity index (χ2v) is 5.01. The van der Waals surface area contributed by atoms with Crippen molar-refractivity contribution < 1.29 is 4.79 Å². The van der Waals surface area contributed by atoms with Gasteiger partial charge in [0.1, 0.15) is 0 Å². The summed E-state index contributed by atoms with van der Waals surface area (Å²) in [5.41, 5.74) is 7.68. The smallest absolute Gasteiger partial charge is 0.221 e. The molecule has 4 nitrogen and oxygen atoms in total. The summed E-state index contributed by atoms with van der Waals surface area (Å²) in [7, 11) is 0. The van der Waals surface area contributed by atoms with Gasteiger partial charge >= 0.3 is 0 Å². The monoisotopic (exact) mass is 263 g/mol. The second-order valence-electron chi connectivity index (χ2n) is 5.01. The Morgan fingerprint density at radius 2 is 1.95 bits per heavy atom. The maximum atomic E-state index is 11.5. The normalized spacial score (nSPS) is 11.0. The van der Waals surface area contributed by atoms with Crippen LogP contribution in [0.3, 0.4) is 0 Å². The molecule has 4 heteroatoms. The van der Waals surface area contributed by atoms with Gasteiger partial charge in [0.05, 0.1) is 0 Å². The van der Waals surface area contributed by atoms with E-state index in [0.29, 0.717) is 19.0 Å². The number of hydrogen-bond donors (Lipinski definition) is 2. The predicted octanol–water partition coefficient (Wildman–Crippen LogP) is 2.01. The van der Waals surface area contributed by atoms with Crippen molar-refractivity contribution in [3.05, 3.63) is 29.8 Å². The molecule has 3 N–H and O–H groups in total. The summed E-state index contributed by atoms with van der Waals surface area (Å²) in [4.78, 5) is 13.8. The Kier molecular flexibility index (Phi) is 6.36. The molecule has 1 rings (SSSR count). The molecule has 0 saturated carbocycles. The molecule has 0 saturated heterocycles. The van der Waals surface area contributed by atoms with Gasteiger partial charge in [-0.1, -0.05) is 12.1 Å². The van der Waals surface area contributed by atoms with Crippen LogP contribution in [0.1, 0.15) is 32.8 Å². The fourth-order valence-electron chi connectivity index (χ4n) is 1.91. The molecule has 0 radical (unpaired) electrons. The number of nitrogen functional groups attached to an aromatic ring is 1. The molecule has 0 aromatic heterocycles. The molecule has 0 aliphatic heterocycles. The molecule has 0 heterocycles. The lowest BCUT2D eigenvalue weighted by Crippen LogP contribution is -2.34. The van der Waals surface area contributed by atoms with E-state index in [4.69, 9.17) is 5.73 Å². The quantitative estimate of drug-likeness (QED) is 0.740. The Bertz CT molecular complexity index is 387. The first-order chi connectivity index (χ1) is 9.02. The molecular formula is C15H25N3O. The molecule has 0 atom stereocenters. The molecule has 0 aliphatic carbocycles. The largest absolute Gasteiger partial charge is 0.399 e. The van der Waals surface area contributed by atoms with Gasteiger partial charge in [-0.2, -0.15) is 0 Å². The van der Waals surface area contributed by atoms with Gasteiger partial charge in [-0.15, -0.1) is 0 Å². The van der Waals surface area contributed by atoms with Crippen LogP contribution in [-0.2, 0) is 11.3 Å². The third-order valence-corrected chi connectivity index (χ3v) is 3.10. The number of carbonyl (C=O) groups excluding carboxylic acids is 1. The van der Waals surface area contributed by atoms with Crippen LogP contribution < -0.4 is 11.1 Å². The lowest BCUT2D eigenvalue weighted by molar-refractivity contribution is -0.121. The zero-order valence-corrected chi connectivity index (χ0v) is 12.1. The van der Waals surface area contributed by atoms with Gasteiger partial charge in [-0.25, -0.2) is 0 Å². The Morgan fingerprint density at radius 1 is 1.32 bits per heavy atom. The van der Waals surface area contributed by atoms with E-state index < -0.39 is 0 Å². The van der Waals surface area contributed by atoms with Gasteiger partial charge < -0.3 is 11.1 Å². The number of anilines is 1. The van der Waals surface area contributed by atoms with Crippen LogP contribution in [0.2, 0.25) is 0 Å². The summed E-state index contributed by atoms with van der Waals surface area (Å²) in [6.07, 6.45) is 0.543. The molecule has 19 heavy (non-hydrogen) atoms. The van der Waals surface area contributed by atoms with Crippen LogP contribution in [0.5, 0.6) is 0 Å². The SMILES string of the molecule is CCNC(=O)CCN(Cc1ccc(N)cc1)C(C)C. The van der Waals surface area contributed by atoms with Crippen LogP contribution in [0, 0.1) is 0 Å². The predicted molar refractivity (Wildman–Crippen MR) is 79.7 cm³/mol. The minimum atomic E-state index is 0.116. The van der Waals surface area contributed by atoms with Crippen molar-refractivity contribution in [1.29, 1.82) is 0 Å². The number of benzene rings is 1. The number of nitrogens with zero attached hydrogens (tertiary/aromatic N) is 1. The van der Waals surface area contributed by atoms with Gasteiger partial charge in [-0.05, 0) is 38.5 Å². The highest BCUT2D eigenvalue weighted by Gasteiger charge is 2.12. The topological polar surface area (TPSA) is 58.4 Å². The van der Waals surface area contributed by atoms with Crippen molar-refractivity contribution in [3.63, 3.8) is 0 Å². The molecule has 0 bridgehead atoms. The van der Waals surface area contributed by atoms with E-state index in [0.717, 1.165) is 18.8 Å². The molecule has 106 valence electrons. The maximum Gasteiger partial charge on any atom is 0.221 e. The number of carbonyl (C=O) groups is 1. The van der Waals surface area contributed by atoms with Gasteiger partial charge in [0.15, 0.2) is 0 Å². The zero-order chi connectivity index (χ0) is 14.3. The van der Waals surface area contributed by atoms with Crippen molar-refractivity contribution in [2.45, 2.75) is 39.8 Å². The van der Waals surface area contributed by atoms with Crippen molar-refractivity contribution in [2.24, 2.45) is 0 Å². The second kappa shape index (κ2) is 7.79. The van der Waals surface area contributed by atoms with Crippen molar-refractivity contribution in [3.8, 4) is 0 Å². The van der Waals surface area contributed by atoms with Crippen LogP contribution in [0.15, 0.2) is 24.3 Å². The first-order valence-electron chi connectivity index (χ1n) is 6.88. The summed E-state index contributed by atoms with van der Waals surface area (Å²) in [5.74, 6) is 0.116. The average Bonchev–Trinajstić information content (AvgIpc) is 2.36. The van der Waals surface area contributed by atoms with E-state index in [1.54, 1.807) is 0 Å². The van der Waals surface area contributed by atoms with Crippen LogP contribution in [0.4, 0.5) is 5.69 Å². The molecular weight excluding hydrogens is 238 g/mol. The van der Waals surface area contributed by atoms with Crippen molar-refractivity contribution >= 4 is 11.6 Å². The molecule has 1 aromatic carbocycles. The maximum absolute atomic E-state index is 11.5. The van der Waals surface area contributed by atoms with Gasteiger partial charge in [0.25, 0.3) is 0 Å². The summed E-state index contributed by atoms with van der Waals surface area (Å²) >= 11 is 0. The Morgan fingerprint density at radius 3 is 2.47 bits per heavy atom. The summed E-state index contributed by atoms with van der Waals surface area (Å²) < 4.78 is 0. The molecule has 0 unspecified atom stereocenters. The average molecular weight is 263 g/mol. The summed E-state index contributed by atoms with van der Waals surface area (Å²) in [5, 5.41) is 2.83. The van der Waals surface area contributed by atoms with E-state index in [1.165, 1.54) is 5.56 Å². The number of rotatable bonds is 7. The van der Waals surface area contributed by atoms with Crippen molar-refractivity contribution in [2.75, 3.05) is 18.8 Å². The van der Waals surface area contributed by atoms with Crippen LogP contribution in [-0.4, -0.2) is 29.9 Å². The molecule has 0 aliphatic rings. The van der Waals surface area contributed by atoms with Crippen LogP contribution >= 0.6 is 0 Å². The first kappa shape index (κ1) is 15.5. The fourth-order valence-corrected chi connectivity index (χ4v) is 1.91.